The molecule has 0 aliphatic heterocycles. The fourth-order valence-electron chi connectivity index (χ4n) is 1.82. The summed E-state index contributed by atoms with van der Waals surface area (Å²) in [5.74, 6) is 1.88. The first-order valence-corrected chi connectivity index (χ1v) is 6.40. The minimum absolute atomic E-state index is 0.940. The number of hydrogen-bond acceptors (Lipinski definition) is 3. The van der Waals surface area contributed by atoms with Crippen LogP contribution in [0.3, 0.4) is 0 Å². The van der Waals surface area contributed by atoms with Crippen LogP contribution in [-0.4, -0.2) is 17.0 Å². The minimum Gasteiger partial charge on any atom is -0.314 e. The molecule has 0 aliphatic rings. The van der Waals surface area contributed by atoms with Crippen LogP contribution in [0, 0.1) is 0 Å². The molecule has 2 aromatic heterocycles. The molecule has 0 saturated carbocycles. The fourth-order valence-corrected chi connectivity index (χ4v) is 1.82. The smallest absolute Gasteiger partial charge is 0.134 e. The van der Waals surface area contributed by atoms with Gasteiger partial charge in [-0.05, 0) is 37.1 Å². The number of rotatable bonds is 4. The van der Waals surface area contributed by atoms with Crippen molar-refractivity contribution in [2.75, 3.05) is 11.9 Å². The highest BCUT2D eigenvalue weighted by Crippen LogP contribution is 2.20. The summed E-state index contributed by atoms with van der Waals surface area (Å²) >= 11 is 0. The number of aryl methyl sites for hydroxylation is 2. The van der Waals surface area contributed by atoms with Gasteiger partial charge in [0, 0.05) is 18.4 Å². The molecule has 0 radical (unpaired) electrons. The van der Waals surface area contributed by atoms with E-state index in [0.717, 1.165) is 35.9 Å². The van der Waals surface area contributed by atoms with E-state index in [1.807, 2.05) is 48.3 Å². The lowest BCUT2D eigenvalue weighted by Gasteiger charge is -2.18. The Kier molecular flexibility index (Phi) is 3.92. The quantitative estimate of drug-likeness (QED) is 0.821. The molecule has 0 atom stereocenters. The lowest BCUT2D eigenvalue weighted by molar-refractivity contribution is 0.974. The van der Waals surface area contributed by atoms with Gasteiger partial charge in [0.2, 0.25) is 0 Å². The Balaban J connectivity index is 2.31. The predicted molar refractivity (Wildman–Crippen MR) is 75.3 cm³/mol. The molecule has 3 heteroatoms. The second kappa shape index (κ2) is 5.63. The molecule has 2 rings (SSSR count). The van der Waals surface area contributed by atoms with Gasteiger partial charge >= 0.3 is 0 Å². The van der Waals surface area contributed by atoms with Gasteiger partial charge in [0.15, 0.2) is 0 Å². The molecule has 2 aromatic rings. The zero-order valence-corrected chi connectivity index (χ0v) is 11.2. The molecule has 18 heavy (non-hydrogen) atoms. The molecule has 0 amide bonds. The first-order chi connectivity index (χ1) is 8.74. The monoisotopic (exact) mass is 241 g/mol. The van der Waals surface area contributed by atoms with Gasteiger partial charge < -0.3 is 4.90 Å². The Morgan fingerprint density at radius 1 is 0.833 bits per heavy atom. The van der Waals surface area contributed by atoms with Crippen molar-refractivity contribution >= 4 is 11.6 Å². The third kappa shape index (κ3) is 2.67. The van der Waals surface area contributed by atoms with E-state index in [4.69, 9.17) is 0 Å². The number of anilines is 2. The third-order valence-corrected chi connectivity index (χ3v) is 3.00. The maximum Gasteiger partial charge on any atom is 0.134 e. The van der Waals surface area contributed by atoms with Crippen LogP contribution in [0.4, 0.5) is 11.6 Å². The summed E-state index contributed by atoms with van der Waals surface area (Å²) < 4.78 is 0. The lowest BCUT2D eigenvalue weighted by atomic mass is 10.2. The van der Waals surface area contributed by atoms with E-state index < -0.39 is 0 Å². The van der Waals surface area contributed by atoms with E-state index in [1.54, 1.807) is 0 Å². The van der Waals surface area contributed by atoms with Crippen LogP contribution < -0.4 is 4.90 Å². The normalized spacial score (nSPS) is 10.4. The molecule has 0 N–H and O–H groups in total. The van der Waals surface area contributed by atoms with Crippen LogP contribution in [0.2, 0.25) is 0 Å². The van der Waals surface area contributed by atoms with Gasteiger partial charge in [0.1, 0.15) is 11.6 Å². The highest BCUT2D eigenvalue weighted by molar-refractivity contribution is 5.55. The van der Waals surface area contributed by atoms with Crippen molar-refractivity contribution in [2.45, 2.75) is 26.7 Å². The van der Waals surface area contributed by atoms with Crippen LogP contribution in [0.15, 0.2) is 36.4 Å². The standard InChI is InChI=1S/C15H19N3/c1-4-12-8-6-10-14(16-12)18(3)15-11-7-9-13(5-2)17-15/h6-11H,4-5H2,1-3H3. The average Bonchev–Trinajstić information content (AvgIpc) is 2.46. The average molecular weight is 241 g/mol. The molecule has 0 bridgehead atoms. The van der Waals surface area contributed by atoms with Crippen molar-refractivity contribution in [2.24, 2.45) is 0 Å². The Bertz CT molecular complexity index is 475. The molecule has 0 unspecified atom stereocenters. The summed E-state index contributed by atoms with van der Waals surface area (Å²) in [4.78, 5) is 11.2. The van der Waals surface area contributed by atoms with Crippen LogP contribution in [0.25, 0.3) is 0 Å². The summed E-state index contributed by atoms with van der Waals surface area (Å²) in [5.41, 5.74) is 2.21. The number of nitrogens with zero attached hydrogens (tertiary/aromatic N) is 3. The fraction of sp³-hybridized carbons (Fsp3) is 0.333. The zero-order chi connectivity index (χ0) is 13.0. The van der Waals surface area contributed by atoms with Crippen LogP contribution in [0.5, 0.6) is 0 Å². The van der Waals surface area contributed by atoms with Crippen molar-refractivity contribution in [3.8, 4) is 0 Å². The van der Waals surface area contributed by atoms with E-state index in [1.165, 1.54) is 0 Å². The maximum absolute atomic E-state index is 4.61. The van der Waals surface area contributed by atoms with Gasteiger partial charge in [0.05, 0.1) is 0 Å². The second-order valence-corrected chi connectivity index (χ2v) is 4.24. The summed E-state index contributed by atoms with van der Waals surface area (Å²) in [6, 6.07) is 12.2. The van der Waals surface area contributed by atoms with E-state index in [-0.39, 0.29) is 0 Å². The second-order valence-electron chi connectivity index (χ2n) is 4.24. The summed E-state index contributed by atoms with van der Waals surface area (Å²) in [6.07, 6.45) is 1.90. The Morgan fingerprint density at radius 3 is 1.67 bits per heavy atom. The number of pyridine rings is 2. The highest BCUT2D eigenvalue weighted by Gasteiger charge is 2.07. The first kappa shape index (κ1) is 12.6. The molecular weight excluding hydrogens is 222 g/mol. The molecular formula is C15H19N3. The SMILES string of the molecule is CCc1cccc(N(C)c2cccc(CC)n2)n1. The van der Waals surface area contributed by atoms with Crippen LogP contribution in [-0.2, 0) is 12.8 Å². The van der Waals surface area contributed by atoms with Crippen molar-refractivity contribution in [1.29, 1.82) is 0 Å². The van der Waals surface area contributed by atoms with E-state index in [2.05, 4.69) is 23.8 Å². The van der Waals surface area contributed by atoms with Gasteiger partial charge in [0.25, 0.3) is 0 Å². The lowest BCUT2D eigenvalue weighted by Crippen LogP contribution is -2.13. The van der Waals surface area contributed by atoms with Gasteiger partial charge in [-0.2, -0.15) is 0 Å². The molecule has 0 aromatic carbocycles. The van der Waals surface area contributed by atoms with E-state index in [9.17, 15) is 0 Å². The maximum atomic E-state index is 4.61. The highest BCUT2D eigenvalue weighted by atomic mass is 15.2. The van der Waals surface area contributed by atoms with E-state index in [0.29, 0.717) is 0 Å². The molecule has 3 nitrogen and oxygen atoms in total. The Labute approximate surface area is 109 Å². The third-order valence-electron chi connectivity index (χ3n) is 3.00. The minimum atomic E-state index is 0.940. The molecule has 0 spiro atoms. The van der Waals surface area contributed by atoms with Crippen molar-refractivity contribution < 1.29 is 0 Å². The molecule has 0 aliphatic carbocycles. The molecule has 2 heterocycles. The van der Waals surface area contributed by atoms with Crippen molar-refractivity contribution in [3.05, 3.63) is 47.8 Å². The Hall–Kier alpha value is -1.90. The van der Waals surface area contributed by atoms with Crippen molar-refractivity contribution in [3.63, 3.8) is 0 Å². The van der Waals surface area contributed by atoms with E-state index >= 15 is 0 Å². The predicted octanol–water partition coefficient (Wildman–Crippen LogP) is 3.37. The molecule has 0 saturated heterocycles. The topological polar surface area (TPSA) is 29.0 Å². The van der Waals surface area contributed by atoms with Crippen LogP contribution >= 0.6 is 0 Å². The zero-order valence-electron chi connectivity index (χ0n) is 11.2. The molecule has 94 valence electrons. The Morgan fingerprint density at radius 2 is 1.28 bits per heavy atom. The summed E-state index contributed by atoms with van der Waals surface area (Å²) in [5, 5.41) is 0. The summed E-state index contributed by atoms with van der Waals surface area (Å²) in [6.45, 7) is 4.23. The number of aromatic nitrogens is 2. The summed E-state index contributed by atoms with van der Waals surface area (Å²) in [7, 11) is 2.00. The van der Waals surface area contributed by atoms with Gasteiger partial charge in [-0.1, -0.05) is 26.0 Å². The van der Waals surface area contributed by atoms with Crippen molar-refractivity contribution in [1.82, 2.24) is 9.97 Å². The first-order valence-electron chi connectivity index (χ1n) is 6.40. The van der Waals surface area contributed by atoms with Gasteiger partial charge in [-0.15, -0.1) is 0 Å². The van der Waals surface area contributed by atoms with Gasteiger partial charge in [-0.25, -0.2) is 9.97 Å². The molecule has 0 fully saturated rings. The van der Waals surface area contributed by atoms with Crippen LogP contribution in [0.1, 0.15) is 25.2 Å². The largest absolute Gasteiger partial charge is 0.314 e. The van der Waals surface area contributed by atoms with Gasteiger partial charge in [-0.3, -0.25) is 0 Å². The number of hydrogen-bond donors (Lipinski definition) is 0.